The number of para-hydroxylation sites is 2. The largest absolute Gasteiger partial charge is 0.456 e. The molecule has 20 heavy (non-hydrogen) atoms. The van der Waals surface area contributed by atoms with Crippen LogP contribution in [-0.2, 0) is 0 Å². The van der Waals surface area contributed by atoms with Crippen LogP contribution in [0, 0.1) is 0 Å². The molecular formula is C18H14O2. The quantitative estimate of drug-likeness (QED) is 0.574. The fraction of sp³-hybridized carbons (Fsp3) is 0. The molecule has 2 aromatic rings. The Bertz CT molecular complexity index is 627. The first-order valence-electron chi connectivity index (χ1n) is 6.07. The minimum absolute atomic E-state index is 0.710. The van der Waals surface area contributed by atoms with E-state index >= 15 is 0 Å². The summed E-state index contributed by atoms with van der Waals surface area (Å²) in [7, 11) is 0. The molecule has 0 fully saturated rings. The van der Waals surface area contributed by atoms with Gasteiger partial charge in [0, 0.05) is 11.1 Å². The molecule has 0 bridgehead atoms. The third-order valence-electron chi connectivity index (χ3n) is 2.60. The summed E-state index contributed by atoms with van der Waals surface area (Å²) < 4.78 is 11.0. The van der Waals surface area contributed by atoms with E-state index in [9.17, 15) is 0 Å². The van der Waals surface area contributed by atoms with E-state index in [1.165, 1.54) is 12.5 Å². The molecule has 0 aromatic heterocycles. The fourth-order valence-electron chi connectivity index (χ4n) is 1.79. The molecule has 0 saturated heterocycles. The Kier molecular flexibility index (Phi) is 4.64. The highest BCUT2D eigenvalue weighted by Crippen LogP contribution is 2.36. The normalized spacial score (nSPS) is 9.00. The first-order chi connectivity index (χ1) is 9.86. The van der Waals surface area contributed by atoms with Crippen LogP contribution in [0.1, 0.15) is 0 Å². The van der Waals surface area contributed by atoms with Crippen molar-refractivity contribution in [3.8, 4) is 22.6 Å². The highest BCUT2D eigenvalue weighted by molar-refractivity contribution is 5.75. The van der Waals surface area contributed by atoms with Crippen LogP contribution in [0.4, 0.5) is 0 Å². The Balaban J connectivity index is 2.50. The molecule has 0 N–H and O–H groups in total. The molecule has 0 spiro atoms. The van der Waals surface area contributed by atoms with Crippen molar-refractivity contribution in [1.29, 1.82) is 0 Å². The van der Waals surface area contributed by atoms with Gasteiger partial charge in [0.25, 0.3) is 0 Å². The van der Waals surface area contributed by atoms with Gasteiger partial charge >= 0.3 is 0 Å². The van der Waals surface area contributed by atoms with Crippen LogP contribution < -0.4 is 9.47 Å². The lowest BCUT2D eigenvalue weighted by Gasteiger charge is -2.11. The molecule has 0 atom stereocenters. The lowest BCUT2D eigenvalue weighted by Crippen LogP contribution is -1.90. The van der Waals surface area contributed by atoms with Crippen LogP contribution in [0.3, 0.4) is 0 Å². The number of benzene rings is 2. The van der Waals surface area contributed by atoms with Crippen molar-refractivity contribution in [3.63, 3.8) is 0 Å². The average Bonchev–Trinajstić information content (AvgIpc) is 2.51. The molecule has 0 radical (unpaired) electrons. The minimum atomic E-state index is 0.710. The Morgan fingerprint density at radius 3 is 1.50 bits per heavy atom. The van der Waals surface area contributed by atoms with Gasteiger partial charge in [-0.25, -0.2) is 0 Å². The molecule has 0 aliphatic heterocycles. The number of rotatable bonds is 5. The number of ether oxygens (including phenoxy) is 2. The predicted molar refractivity (Wildman–Crippen MR) is 80.6 cm³/mol. The van der Waals surface area contributed by atoms with E-state index in [4.69, 9.17) is 9.47 Å². The highest BCUT2D eigenvalue weighted by atomic mass is 16.5. The first kappa shape index (κ1) is 13.5. The van der Waals surface area contributed by atoms with Crippen LogP contribution in [0.5, 0.6) is 11.5 Å². The lowest BCUT2D eigenvalue weighted by molar-refractivity contribution is 0.477. The highest BCUT2D eigenvalue weighted by Gasteiger charge is 2.10. The molecule has 2 aromatic carbocycles. The SMILES string of the molecule is C=C=COc1ccccc1-c1ccccc1OC=C=C. The van der Waals surface area contributed by atoms with Crippen LogP contribution >= 0.6 is 0 Å². The van der Waals surface area contributed by atoms with E-state index in [1.807, 2.05) is 48.5 Å². The van der Waals surface area contributed by atoms with Gasteiger partial charge in [0.15, 0.2) is 0 Å². The molecule has 0 unspecified atom stereocenters. The van der Waals surface area contributed by atoms with Gasteiger partial charge in [0.05, 0.1) is 0 Å². The Hall–Kier alpha value is -2.92. The maximum atomic E-state index is 5.51. The predicted octanol–water partition coefficient (Wildman–Crippen LogP) is 4.71. The molecule has 0 heterocycles. The van der Waals surface area contributed by atoms with Gasteiger partial charge in [-0.1, -0.05) is 61.0 Å². The second kappa shape index (κ2) is 6.86. The zero-order chi connectivity index (χ0) is 14.2. The minimum Gasteiger partial charge on any atom is -0.456 e. The molecule has 0 saturated carbocycles. The van der Waals surface area contributed by atoms with Crippen LogP contribution in [0.15, 0.2) is 85.7 Å². The summed E-state index contributed by atoms with van der Waals surface area (Å²) in [5.74, 6) is 1.42. The van der Waals surface area contributed by atoms with Crippen molar-refractivity contribution < 1.29 is 9.47 Å². The summed E-state index contributed by atoms with van der Waals surface area (Å²) in [4.78, 5) is 0. The Morgan fingerprint density at radius 2 is 1.10 bits per heavy atom. The van der Waals surface area contributed by atoms with Crippen LogP contribution in [0.2, 0.25) is 0 Å². The van der Waals surface area contributed by atoms with Gasteiger partial charge in [0.2, 0.25) is 0 Å². The van der Waals surface area contributed by atoms with E-state index in [0.717, 1.165) is 11.1 Å². The maximum Gasteiger partial charge on any atom is 0.135 e. The first-order valence-corrected chi connectivity index (χ1v) is 6.07. The molecular weight excluding hydrogens is 248 g/mol. The lowest BCUT2D eigenvalue weighted by atomic mass is 10.0. The maximum absolute atomic E-state index is 5.51. The summed E-state index contributed by atoms with van der Waals surface area (Å²) in [5.41, 5.74) is 7.03. The van der Waals surface area contributed by atoms with Gasteiger partial charge in [0.1, 0.15) is 24.0 Å². The van der Waals surface area contributed by atoms with Crippen molar-refractivity contribution in [2.45, 2.75) is 0 Å². The second-order valence-electron chi connectivity index (χ2n) is 3.87. The summed E-state index contributed by atoms with van der Waals surface area (Å²) >= 11 is 0. The van der Waals surface area contributed by atoms with Crippen molar-refractivity contribution in [2.24, 2.45) is 0 Å². The summed E-state index contributed by atoms with van der Waals surface area (Å²) in [6, 6.07) is 15.4. The number of hydrogen-bond donors (Lipinski definition) is 0. The van der Waals surface area contributed by atoms with E-state index in [2.05, 4.69) is 24.6 Å². The zero-order valence-corrected chi connectivity index (χ0v) is 11.0. The molecule has 0 aliphatic carbocycles. The summed E-state index contributed by atoms with van der Waals surface area (Å²) in [6.07, 6.45) is 2.85. The van der Waals surface area contributed by atoms with Gasteiger partial charge in [-0.3, -0.25) is 0 Å². The Labute approximate surface area is 118 Å². The standard InChI is InChI=1S/C18H14O2/c1-3-13-19-17-11-7-5-9-15(17)16-10-6-8-12-18(16)20-14-4-2/h5-14H,1-2H2. The van der Waals surface area contributed by atoms with Crippen molar-refractivity contribution in [1.82, 2.24) is 0 Å². The smallest absolute Gasteiger partial charge is 0.135 e. The monoisotopic (exact) mass is 262 g/mol. The van der Waals surface area contributed by atoms with Gasteiger partial charge in [-0.05, 0) is 12.1 Å². The third kappa shape index (κ3) is 3.09. The van der Waals surface area contributed by atoms with E-state index in [-0.39, 0.29) is 0 Å². The molecule has 2 heteroatoms. The van der Waals surface area contributed by atoms with E-state index < -0.39 is 0 Å². The molecule has 0 aliphatic rings. The summed E-state index contributed by atoms with van der Waals surface area (Å²) in [6.45, 7) is 6.97. The molecule has 0 amide bonds. The average molecular weight is 262 g/mol. The molecule has 2 nitrogen and oxygen atoms in total. The second-order valence-corrected chi connectivity index (χ2v) is 3.87. The molecule has 98 valence electrons. The third-order valence-corrected chi connectivity index (χ3v) is 2.60. The van der Waals surface area contributed by atoms with Crippen LogP contribution in [0.25, 0.3) is 11.1 Å². The summed E-state index contributed by atoms with van der Waals surface area (Å²) in [5, 5.41) is 0. The molecule has 2 rings (SSSR count). The van der Waals surface area contributed by atoms with Gasteiger partial charge in [-0.15, -0.1) is 0 Å². The van der Waals surface area contributed by atoms with E-state index in [1.54, 1.807) is 0 Å². The van der Waals surface area contributed by atoms with Gasteiger partial charge < -0.3 is 9.47 Å². The van der Waals surface area contributed by atoms with Crippen molar-refractivity contribution in [2.75, 3.05) is 0 Å². The van der Waals surface area contributed by atoms with Crippen LogP contribution in [-0.4, -0.2) is 0 Å². The van der Waals surface area contributed by atoms with Crippen molar-refractivity contribution in [3.05, 3.63) is 85.7 Å². The van der Waals surface area contributed by atoms with E-state index in [0.29, 0.717) is 11.5 Å². The van der Waals surface area contributed by atoms with Gasteiger partial charge in [-0.2, -0.15) is 0 Å². The fourth-order valence-corrected chi connectivity index (χ4v) is 1.79. The zero-order valence-electron chi connectivity index (χ0n) is 11.0. The van der Waals surface area contributed by atoms with Crippen molar-refractivity contribution >= 4 is 0 Å². The topological polar surface area (TPSA) is 18.5 Å². The Morgan fingerprint density at radius 1 is 0.700 bits per heavy atom. The number of hydrogen-bond acceptors (Lipinski definition) is 2.